The molecule has 0 aliphatic heterocycles. The Bertz CT molecular complexity index is 4220. The van der Waals surface area contributed by atoms with Crippen LogP contribution in [0.25, 0.3) is 136 Å². The third kappa shape index (κ3) is 5.19. The largest absolute Gasteiger partial charge is 0.456 e. The Kier molecular flexibility index (Phi) is 7.21. The second kappa shape index (κ2) is 13.2. The van der Waals surface area contributed by atoms with Crippen LogP contribution in [0.4, 0.5) is 0 Å². The minimum Gasteiger partial charge on any atom is -0.456 e. The molecule has 6 heteroatoms. The van der Waals surface area contributed by atoms with Crippen LogP contribution >= 0.6 is 11.3 Å². The number of thiophene rings is 1. The van der Waals surface area contributed by atoms with E-state index in [4.69, 9.17) is 19.4 Å². The summed E-state index contributed by atoms with van der Waals surface area (Å²) >= 11 is 1.79. The fourth-order valence-corrected chi connectivity index (χ4v) is 11.0. The Morgan fingerprint density at radius 2 is 0.984 bits per heavy atom. The highest BCUT2D eigenvalue weighted by Crippen LogP contribution is 2.44. The van der Waals surface area contributed by atoms with Crippen molar-refractivity contribution < 1.29 is 4.42 Å². The van der Waals surface area contributed by atoms with Gasteiger partial charge in [-0.25, -0.2) is 15.0 Å². The summed E-state index contributed by atoms with van der Waals surface area (Å²) in [5, 5.41) is 14.2. The van der Waals surface area contributed by atoms with E-state index in [1.165, 1.54) is 52.5 Å². The second-order valence-electron chi connectivity index (χ2n) is 16.3. The molecule has 0 aliphatic carbocycles. The molecule has 10 aromatic carbocycles. The molecule has 0 saturated carbocycles. The first kappa shape index (κ1) is 34.5. The predicted molar refractivity (Wildman–Crippen MR) is 263 cm³/mol. The molecule has 14 aromatic rings. The van der Waals surface area contributed by atoms with Crippen molar-refractivity contribution in [3.8, 4) is 39.9 Å². The van der Waals surface area contributed by atoms with Crippen LogP contribution in [-0.2, 0) is 0 Å². The molecule has 0 amide bonds. The lowest BCUT2D eigenvalue weighted by Crippen LogP contribution is -2.00. The maximum Gasteiger partial charge on any atom is 0.164 e. The fraction of sp³-hybridized carbons (Fsp3) is 0. The molecule has 0 fully saturated rings. The molecule has 4 aromatic heterocycles. The first-order valence-corrected chi connectivity index (χ1v) is 22.0. The summed E-state index contributed by atoms with van der Waals surface area (Å²) in [6, 6.07) is 69.1. The van der Waals surface area contributed by atoms with Crippen molar-refractivity contribution in [3.63, 3.8) is 0 Å². The zero-order valence-electron chi connectivity index (χ0n) is 33.6. The van der Waals surface area contributed by atoms with E-state index in [2.05, 4.69) is 180 Å². The molecule has 14 rings (SSSR count). The van der Waals surface area contributed by atoms with Gasteiger partial charge in [-0.3, -0.25) is 0 Å². The quantitative estimate of drug-likeness (QED) is 0.177. The molecular weight excluding hydrogens is 789 g/mol. The Hall–Kier alpha value is -8.19. The van der Waals surface area contributed by atoms with Crippen LogP contribution in [0, 0.1) is 0 Å². The lowest BCUT2D eigenvalue weighted by atomic mass is 10.0. The number of fused-ring (bicyclic) bond motifs is 14. The topological polar surface area (TPSA) is 56.7 Å². The van der Waals surface area contributed by atoms with Gasteiger partial charge in [0.25, 0.3) is 0 Å². The van der Waals surface area contributed by atoms with Crippen molar-refractivity contribution in [2.75, 3.05) is 0 Å². The third-order valence-corrected chi connectivity index (χ3v) is 13.9. The zero-order valence-corrected chi connectivity index (χ0v) is 34.4. The Morgan fingerprint density at radius 3 is 1.81 bits per heavy atom. The van der Waals surface area contributed by atoms with Gasteiger partial charge in [0.1, 0.15) is 11.2 Å². The van der Waals surface area contributed by atoms with Crippen molar-refractivity contribution in [1.82, 2.24) is 19.5 Å². The molecule has 5 nitrogen and oxygen atoms in total. The van der Waals surface area contributed by atoms with Crippen LogP contribution < -0.4 is 0 Å². The molecule has 0 bridgehead atoms. The van der Waals surface area contributed by atoms with Gasteiger partial charge in [-0.05, 0) is 75.5 Å². The van der Waals surface area contributed by atoms with Gasteiger partial charge in [-0.1, -0.05) is 140 Å². The van der Waals surface area contributed by atoms with Crippen molar-refractivity contribution in [2.45, 2.75) is 0 Å². The lowest BCUT2D eigenvalue weighted by Gasteiger charge is -2.13. The van der Waals surface area contributed by atoms with Gasteiger partial charge < -0.3 is 8.98 Å². The van der Waals surface area contributed by atoms with E-state index >= 15 is 0 Å². The smallest absolute Gasteiger partial charge is 0.164 e. The lowest BCUT2D eigenvalue weighted by molar-refractivity contribution is 0.669. The molecule has 0 spiro atoms. The highest BCUT2D eigenvalue weighted by atomic mass is 32.1. The third-order valence-electron chi connectivity index (χ3n) is 12.8. The molecule has 0 saturated heterocycles. The molecule has 0 radical (unpaired) electrons. The number of nitrogens with zero attached hydrogens (tertiary/aromatic N) is 4. The maximum atomic E-state index is 6.84. The summed E-state index contributed by atoms with van der Waals surface area (Å²) in [6.45, 7) is 0. The minimum atomic E-state index is 0.609. The first-order valence-electron chi connectivity index (χ1n) is 21.2. The zero-order chi connectivity index (χ0) is 41.2. The van der Waals surface area contributed by atoms with Crippen LogP contribution in [0.5, 0.6) is 0 Å². The van der Waals surface area contributed by atoms with E-state index < -0.39 is 0 Å². The summed E-state index contributed by atoms with van der Waals surface area (Å²) in [5.41, 5.74) is 7.81. The average Bonchev–Trinajstić information content (AvgIpc) is 4.02. The monoisotopic (exact) mass is 820 g/mol. The standard InChI is InChI=1S/C57H32N4OS/c1-2-13-34(14-3-1)55-58-56(60-57(59-55)38-22-25-42-41-19-10-11-21-51(41)63-52(42)31-38)37-24-27-49-45(29-37)54-43-20-9-8-18-40(43)48(32-50(54)62-49)61-46-26-23-33-12-6-7-17-39(33)53(46)44-28-35-15-4-5-16-36(35)30-47(44)61/h1-32H. The highest BCUT2D eigenvalue weighted by Gasteiger charge is 2.22. The molecule has 0 aliphatic rings. The predicted octanol–water partition coefficient (Wildman–Crippen LogP) is 15.7. The van der Waals surface area contributed by atoms with Gasteiger partial charge >= 0.3 is 0 Å². The van der Waals surface area contributed by atoms with Crippen molar-refractivity contribution in [1.29, 1.82) is 0 Å². The van der Waals surface area contributed by atoms with Gasteiger partial charge in [0.15, 0.2) is 17.5 Å². The van der Waals surface area contributed by atoms with E-state index in [-0.39, 0.29) is 0 Å². The normalized spacial score (nSPS) is 12.1. The summed E-state index contributed by atoms with van der Waals surface area (Å²) < 4.78 is 11.8. The van der Waals surface area contributed by atoms with Crippen molar-refractivity contribution in [2.24, 2.45) is 0 Å². The summed E-state index contributed by atoms with van der Waals surface area (Å²) in [7, 11) is 0. The van der Waals surface area contributed by atoms with Crippen LogP contribution in [0.2, 0.25) is 0 Å². The molecule has 63 heavy (non-hydrogen) atoms. The van der Waals surface area contributed by atoms with Crippen LogP contribution in [0.15, 0.2) is 199 Å². The molecular formula is C57H32N4OS. The summed E-state index contributed by atoms with van der Waals surface area (Å²) in [4.78, 5) is 15.4. The van der Waals surface area contributed by atoms with Gasteiger partial charge in [-0.15, -0.1) is 11.3 Å². The maximum absolute atomic E-state index is 6.84. The van der Waals surface area contributed by atoms with Gasteiger partial charge in [0, 0.05) is 69.9 Å². The number of furan rings is 1. The molecule has 292 valence electrons. The number of benzene rings is 10. The van der Waals surface area contributed by atoms with Gasteiger partial charge in [-0.2, -0.15) is 0 Å². The van der Waals surface area contributed by atoms with Crippen molar-refractivity contribution >= 4 is 108 Å². The Morgan fingerprint density at radius 1 is 0.349 bits per heavy atom. The molecule has 0 N–H and O–H groups in total. The Labute approximate surface area is 363 Å². The van der Waals surface area contributed by atoms with E-state index in [0.717, 1.165) is 66.1 Å². The van der Waals surface area contributed by atoms with Gasteiger partial charge in [0.05, 0.1) is 16.7 Å². The Balaban J connectivity index is 0.991. The van der Waals surface area contributed by atoms with Crippen LogP contribution in [0.3, 0.4) is 0 Å². The summed E-state index contributed by atoms with van der Waals surface area (Å²) in [6.07, 6.45) is 0. The minimum absolute atomic E-state index is 0.609. The average molecular weight is 821 g/mol. The van der Waals surface area contributed by atoms with E-state index in [0.29, 0.717) is 17.5 Å². The molecule has 0 unspecified atom stereocenters. The van der Waals surface area contributed by atoms with Crippen LogP contribution in [-0.4, -0.2) is 19.5 Å². The second-order valence-corrected chi connectivity index (χ2v) is 17.4. The fourth-order valence-electron chi connectivity index (χ4n) is 9.89. The number of hydrogen-bond donors (Lipinski definition) is 0. The summed E-state index contributed by atoms with van der Waals surface area (Å²) in [5.74, 6) is 1.88. The number of aromatic nitrogens is 4. The number of hydrogen-bond acceptors (Lipinski definition) is 5. The highest BCUT2D eigenvalue weighted by molar-refractivity contribution is 7.25. The number of rotatable bonds is 4. The molecule has 4 heterocycles. The van der Waals surface area contributed by atoms with Gasteiger partial charge in [0.2, 0.25) is 0 Å². The molecule has 0 atom stereocenters. The van der Waals surface area contributed by atoms with E-state index in [1.54, 1.807) is 11.3 Å². The SMILES string of the molecule is c1ccc(-c2nc(-c3ccc4c(c3)sc3ccccc34)nc(-c3ccc4oc5cc(-n6c7cc8ccccc8cc7c7c8ccccc8ccc76)c6ccccc6c5c4c3)n2)cc1. The first-order chi connectivity index (χ1) is 31.2. The van der Waals surface area contributed by atoms with E-state index in [9.17, 15) is 0 Å². The van der Waals surface area contributed by atoms with Crippen LogP contribution in [0.1, 0.15) is 0 Å². The van der Waals surface area contributed by atoms with Crippen molar-refractivity contribution in [3.05, 3.63) is 194 Å². The van der Waals surface area contributed by atoms with E-state index in [1.807, 2.05) is 18.2 Å².